The minimum atomic E-state index is 0.136. The quantitative estimate of drug-likeness (QED) is 0.154. The molecule has 0 atom stereocenters. The Kier molecular flexibility index (Phi) is 15.3. The smallest absolute Gasteiger partial charge is 0.163 e. The topological polar surface area (TPSA) is 108 Å². The van der Waals surface area contributed by atoms with E-state index in [4.69, 9.17) is 29.9 Å². The molecule has 580 valence electrons. The van der Waals surface area contributed by atoms with Gasteiger partial charge in [0.1, 0.15) is 23.3 Å². The molecule has 10 aromatic carbocycles. The number of hydrogen-bond acceptors (Lipinski definition) is 6. The fourth-order valence-corrected chi connectivity index (χ4v) is 30.0. The fraction of sp³-hybridized carbons (Fsp3) is 0.377. The number of H-pyrrole nitrogens is 1. The van der Waals surface area contributed by atoms with Crippen molar-refractivity contribution in [1.29, 1.82) is 0 Å². The van der Waals surface area contributed by atoms with Crippen molar-refractivity contribution in [1.82, 2.24) is 48.6 Å². The summed E-state index contributed by atoms with van der Waals surface area (Å²) in [4.78, 5) is 36.7. The van der Waals surface area contributed by atoms with Crippen LogP contribution in [-0.4, -0.2) is 48.6 Å². The first-order chi connectivity index (χ1) is 57.5. The predicted molar refractivity (Wildman–Crippen MR) is 476 cm³/mol. The van der Waals surface area contributed by atoms with Crippen LogP contribution in [0.1, 0.15) is 177 Å². The Morgan fingerprint density at radius 2 is 0.573 bits per heavy atom. The van der Waals surface area contributed by atoms with Crippen LogP contribution in [0.15, 0.2) is 235 Å². The van der Waals surface area contributed by atoms with Gasteiger partial charge in [0.25, 0.3) is 0 Å². The molecule has 6 aromatic heterocycles. The second-order valence-electron chi connectivity index (χ2n) is 40.1. The van der Waals surface area contributed by atoms with Crippen LogP contribution in [0.5, 0.6) is 0 Å². The third-order valence-corrected chi connectivity index (χ3v) is 33.2. The minimum absolute atomic E-state index is 0.136. The molecular formula is C106H99BrN10. The van der Waals surface area contributed by atoms with Crippen LogP contribution in [-0.2, 0) is 21.7 Å². The standard InChI is InChI=1S/C53H49N5.C29H34BrN3.C24H16N2/c1-2-8-39(9-3-1)57-45-13-7-5-11-43(45)47-46(57)19-18-42-41-10-4-6-12-44(41)58(48(42)47)40-16-14-38(15-17-40)49-54-50(52-26-32-20-33(27-52)22-34(21-32)28-52)56-51(55-49)53-29-35-23-36(30-53)25-37(24-35)31-53;30-24-3-1-23(2-4-24)25-31-26(28-11-17-5-18(12-28)7-19(6-17)13-28)33-27(32-25)29-14-20-8-21(15-29)10-22(9-20)16-29;1-2-8-16(9-3-1)26-21-13-7-5-11-19(21)23-22(26)15-14-18-17-10-4-6-12-20(17)25-24(18)23/h1-19,32-37H,20-31H2;1-4,17-22H,5-16H2;1-15,25H. The Bertz CT molecular complexity index is 6430. The van der Waals surface area contributed by atoms with E-state index < -0.39 is 0 Å². The molecule has 117 heavy (non-hydrogen) atoms. The van der Waals surface area contributed by atoms with Crippen molar-refractivity contribution in [3.8, 4) is 39.8 Å². The summed E-state index contributed by atoms with van der Waals surface area (Å²) < 4.78 is 8.41. The van der Waals surface area contributed by atoms with Crippen LogP contribution >= 0.6 is 15.9 Å². The maximum atomic E-state index is 5.71. The largest absolute Gasteiger partial charge is 0.354 e. The Labute approximate surface area is 691 Å². The van der Waals surface area contributed by atoms with E-state index in [0.717, 1.165) is 116 Å². The molecule has 16 aliphatic carbocycles. The van der Waals surface area contributed by atoms with Crippen molar-refractivity contribution in [3.05, 3.63) is 258 Å². The average molecular weight is 1590 g/mol. The maximum absolute atomic E-state index is 5.71. The van der Waals surface area contributed by atoms with Crippen LogP contribution in [0.2, 0.25) is 0 Å². The number of aromatic amines is 1. The number of fused-ring (bicyclic) bond motifs is 14. The van der Waals surface area contributed by atoms with Crippen molar-refractivity contribution in [2.24, 2.45) is 71.0 Å². The molecule has 16 bridgehead atoms. The third-order valence-electron chi connectivity index (χ3n) is 32.6. The molecule has 0 unspecified atom stereocenters. The monoisotopic (exact) mass is 1590 g/mol. The highest BCUT2D eigenvalue weighted by Gasteiger charge is 2.59. The first-order valence-corrected chi connectivity index (χ1v) is 45.7. The molecule has 32 rings (SSSR count). The number of nitrogens with one attached hydrogen (secondary N) is 1. The van der Waals surface area contributed by atoms with Crippen molar-refractivity contribution >= 4 is 103 Å². The molecule has 0 aliphatic heterocycles. The van der Waals surface area contributed by atoms with E-state index >= 15 is 0 Å². The fourth-order valence-electron chi connectivity index (χ4n) is 29.7. The van der Waals surface area contributed by atoms with E-state index in [1.807, 2.05) is 0 Å². The first kappa shape index (κ1) is 68.9. The molecule has 0 radical (unpaired) electrons. The second-order valence-corrected chi connectivity index (χ2v) is 41.0. The average Bonchev–Trinajstić information content (AvgIpc) is 1.56. The Morgan fingerprint density at radius 3 is 0.983 bits per heavy atom. The maximum Gasteiger partial charge on any atom is 0.163 e. The summed E-state index contributed by atoms with van der Waals surface area (Å²) in [5.74, 6) is 17.1. The minimum Gasteiger partial charge on any atom is -0.354 e. The number of halogens is 1. The van der Waals surface area contributed by atoms with Gasteiger partial charge in [-0.1, -0.05) is 149 Å². The lowest BCUT2D eigenvalue weighted by molar-refractivity contribution is -0.0157. The van der Waals surface area contributed by atoms with Crippen LogP contribution < -0.4 is 0 Å². The summed E-state index contributed by atoms with van der Waals surface area (Å²) in [5, 5.41) is 10.2. The summed E-state index contributed by atoms with van der Waals surface area (Å²) in [5.41, 5.74) is 16.3. The number of benzene rings is 10. The van der Waals surface area contributed by atoms with E-state index in [2.05, 4.69) is 265 Å². The van der Waals surface area contributed by atoms with Gasteiger partial charge in [-0.3, -0.25) is 0 Å². The molecule has 6 heterocycles. The molecule has 16 aliphatic rings. The summed E-state index contributed by atoms with van der Waals surface area (Å²) >= 11 is 3.61. The molecule has 16 aromatic rings. The van der Waals surface area contributed by atoms with E-state index in [-0.39, 0.29) is 21.7 Å². The SMILES string of the molecule is Brc1ccc(-c2nc(C34CC5CC(CC(C5)C3)C4)nc(C34CC5CC(CC(C5)C3)C4)n2)cc1.c1ccc(-n2c3ccccc3c3c2ccc2c4ccccc4n(-c4ccc(-c5nc(C67CC8CC(CC(C8)C6)C7)nc(C67CC8CC(CC(C8)C6)C7)n5)cc4)c23)cc1.c1ccc(-n2c3ccccc3c3c4[nH]c5ccccc5c4ccc32)cc1. The van der Waals surface area contributed by atoms with Crippen LogP contribution in [0, 0.1) is 71.0 Å². The molecule has 0 spiro atoms. The molecule has 11 heteroatoms. The van der Waals surface area contributed by atoms with Gasteiger partial charge in [0.15, 0.2) is 11.6 Å². The van der Waals surface area contributed by atoms with E-state index in [1.165, 1.54) is 264 Å². The van der Waals surface area contributed by atoms with Crippen molar-refractivity contribution < 1.29 is 0 Å². The number of aromatic nitrogens is 10. The number of hydrogen-bond donors (Lipinski definition) is 1. The highest BCUT2D eigenvalue weighted by atomic mass is 79.9. The normalized spacial score (nSPS) is 30.4. The van der Waals surface area contributed by atoms with Crippen LogP contribution in [0.25, 0.3) is 127 Å². The predicted octanol–water partition coefficient (Wildman–Crippen LogP) is 26.3. The summed E-state index contributed by atoms with van der Waals surface area (Å²) in [6.07, 6.45) is 33.0. The highest BCUT2D eigenvalue weighted by Crippen LogP contribution is 2.66. The number of rotatable bonds is 9. The van der Waals surface area contributed by atoms with E-state index in [0.29, 0.717) is 0 Å². The number of para-hydroxylation sites is 6. The zero-order valence-corrected chi connectivity index (χ0v) is 68.3. The Morgan fingerprint density at radius 1 is 0.256 bits per heavy atom. The molecule has 0 amide bonds. The van der Waals surface area contributed by atoms with Crippen molar-refractivity contribution in [3.63, 3.8) is 0 Å². The van der Waals surface area contributed by atoms with Crippen LogP contribution in [0.3, 0.4) is 0 Å². The highest BCUT2D eigenvalue weighted by molar-refractivity contribution is 9.10. The van der Waals surface area contributed by atoms with Gasteiger partial charge in [0, 0.05) is 103 Å². The lowest BCUT2D eigenvalue weighted by Crippen LogP contribution is -2.51. The summed E-state index contributed by atoms with van der Waals surface area (Å²) in [6.45, 7) is 0. The first-order valence-electron chi connectivity index (χ1n) is 44.9. The zero-order chi connectivity index (χ0) is 76.6. The van der Waals surface area contributed by atoms with Crippen LogP contribution in [0.4, 0.5) is 0 Å². The van der Waals surface area contributed by atoms with Gasteiger partial charge in [-0.05, 0) is 322 Å². The van der Waals surface area contributed by atoms with Gasteiger partial charge in [-0.25, -0.2) is 29.9 Å². The Hall–Kier alpha value is -10.1. The van der Waals surface area contributed by atoms with Gasteiger partial charge in [-0.2, -0.15) is 0 Å². The third kappa shape index (κ3) is 10.9. The van der Waals surface area contributed by atoms with Gasteiger partial charge < -0.3 is 18.7 Å². The summed E-state index contributed by atoms with van der Waals surface area (Å²) in [6, 6.07) is 83.5. The lowest BCUT2D eigenvalue weighted by Gasteiger charge is -2.57. The molecule has 16 saturated carbocycles. The van der Waals surface area contributed by atoms with Crippen molar-refractivity contribution in [2.45, 2.75) is 176 Å². The molecule has 0 saturated heterocycles. The molecular weight excluding hydrogens is 1490 g/mol. The van der Waals surface area contributed by atoms with E-state index in [9.17, 15) is 0 Å². The molecule has 1 N–H and O–H groups in total. The summed E-state index contributed by atoms with van der Waals surface area (Å²) in [7, 11) is 0. The van der Waals surface area contributed by atoms with Gasteiger partial charge in [0.2, 0.25) is 0 Å². The number of nitrogens with zero attached hydrogens (tertiary/aromatic N) is 9. The van der Waals surface area contributed by atoms with Gasteiger partial charge in [0.05, 0.1) is 38.6 Å². The Balaban J connectivity index is 0.000000106. The second kappa shape index (κ2) is 26.0. The van der Waals surface area contributed by atoms with E-state index in [1.54, 1.807) is 0 Å². The lowest BCUT2D eigenvalue weighted by atomic mass is 9.49. The molecule has 16 fully saturated rings. The van der Waals surface area contributed by atoms with Gasteiger partial charge >= 0.3 is 0 Å². The van der Waals surface area contributed by atoms with Gasteiger partial charge in [-0.15, -0.1) is 0 Å². The zero-order valence-electron chi connectivity index (χ0n) is 66.7. The van der Waals surface area contributed by atoms with Crippen molar-refractivity contribution in [2.75, 3.05) is 0 Å². The molecule has 10 nitrogen and oxygen atoms in total.